The van der Waals surface area contributed by atoms with Crippen LogP contribution in [0.3, 0.4) is 0 Å². The van der Waals surface area contributed by atoms with Crippen LogP contribution >= 0.6 is 0 Å². The van der Waals surface area contributed by atoms with E-state index < -0.39 is 6.10 Å². The molecule has 3 aromatic rings. The number of hydrogen-bond donors (Lipinski definition) is 6. The maximum atomic E-state index is 13.1. The molecule has 0 unspecified atom stereocenters. The number of phenols is 3. The number of rotatable bonds is 15. The van der Waals surface area contributed by atoms with Crippen molar-refractivity contribution in [3.8, 4) is 28.7 Å². The fourth-order valence-electron chi connectivity index (χ4n) is 7.45. The molecule has 1 aliphatic carbocycles. The number of hydrogen-bond acceptors (Lipinski definition) is 9. The molecule has 1 saturated heterocycles. The third-order valence-corrected chi connectivity index (χ3v) is 9.94. The highest BCUT2D eigenvalue weighted by molar-refractivity contribution is 5.79. The zero-order chi connectivity index (χ0) is 33.2. The van der Waals surface area contributed by atoms with E-state index in [1.54, 1.807) is 18.2 Å². The molecule has 2 atom stereocenters. The molecule has 1 saturated carbocycles. The first-order valence-corrected chi connectivity index (χ1v) is 17.1. The monoisotopic (exact) mass is 646 g/mol. The van der Waals surface area contributed by atoms with Crippen molar-refractivity contribution >= 4 is 5.78 Å². The van der Waals surface area contributed by atoms with E-state index >= 15 is 0 Å². The Morgan fingerprint density at radius 3 is 2.40 bits per heavy atom. The lowest BCUT2D eigenvalue weighted by molar-refractivity contribution is -0.121. The van der Waals surface area contributed by atoms with Crippen molar-refractivity contribution < 1.29 is 34.7 Å². The summed E-state index contributed by atoms with van der Waals surface area (Å²) in [4.78, 5) is 13.1. The number of ketones is 1. The van der Waals surface area contributed by atoms with Crippen molar-refractivity contribution in [1.82, 2.24) is 5.32 Å². The zero-order valence-corrected chi connectivity index (χ0v) is 27.2. The number of aliphatic hydroxyl groups is 1. The number of phenolic OH excluding ortho intramolecular Hbond substituents is 3. The molecule has 5 rings (SSSR count). The molecule has 9 nitrogen and oxygen atoms in total. The van der Waals surface area contributed by atoms with Gasteiger partial charge >= 0.3 is 0 Å². The van der Waals surface area contributed by atoms with E-state index in [4.69, 9.17) is 15.2 Å². The van der Waals surface area contributed by atoms with Gasteiger partial charge in [0.1, 0.15) is 18.6 Å². The Hall–Kier alpha value is -3.79. The third-order valence-electron chi connectivity index (χ3n) is 9.94. The van der Waals surface area contributed by atoms with E-state index in [-0.39, 0.29) is 71.5 Å². The van der Waals surface area contributed by atoms with Gasteiger partial charge in [-0.3, -0.25) is 10.5 Å². The number of Topliss-reactive ketones (excluding diaryl/α,β-unsaturated/α-hetero) is 1. The van der Waals surface area contributed by atoms with Gasteiger partial charge in [-0.05, 0) is 110 Å². The standard InChI is InChI=1S/C38H50N2O7/c39-25-46-35-19-26(10-12-33(35)43)9-11-30(41)23-31(42)20-28(24-38(15-5-2-6-16-38)29-7-3-1-4-8-29)27-21-34(44)37(45)36(22-27)47-32-13-17-40-18-14-32/h1,3-4,7-8,10,12,19,21-22,28,31-32,40,42-45H,2,5-6,9,11,13-18,20,23-25,39H2/t28-,31-/m1/s1. The molecule has 0 radical (unpaired) electrons. The SMILES string of the molecule is NCOc1cc(CCC(=O)C[C@H](O)C[C@H](CC2(c3ccccc3)CCCCC2)c2cc(O)c(O)c(OC3CCNCC3)c2)ccc1O. The maximum Gasteiger partial charge on any atom is 0.200 e. The number of aliphatic hydroxyl groups excluding tert-OH is 1. The fourth-order valence-corrected chi connectivity index (χ4v) is 7.45. The van der Waals surface area contributed by atoms with Gasteiger partial charge in [-0.15, -0.1) is 0 Å². The number of benzene rings is 3. The highest BCUT2D eigenvalue weighted by Crippen LogP contribution is 2.49. The van der Waals surface area contributed by atoms with Gasteiger partial charge in [0, 0.05) is 12.8 Å². The molecule has 0 aromatic heterocycles. The molecule has 0 bridgehead atoms. The van der Waals surface area contributed by atoms with Gasteiger partial charge in [0.15, 0.2) is 23.0 Å². The molecule has 254 valence electrons. The van der Waals surface area contributed by atoms with Crippen molar-refractivity contribution in [2.75, 3.05) is 19.8 Å². The Bertz CT molecular complexity index is 1450. The molecular formula is C38H50N2O7. The van der Waals surface area contributed by atoms with Gasteiger partial charge in [-0.1, -0.05) is 55.7 Å². The summed E-state index contributed by atoms with van der Waals surface area (Å²) in [5.41, 5.74) is 8.23. The lowest BCUT2D eigenvalue weighted by Gasteiger charge is -2.41. The minimum absolute atomic E-state index is 0.00156. The van der Waals surface area contributed by atoms with E-state index in [9.17, 15) is 25.2 Å². The molecule has 7 N–H and O–H groups in total. The molecule has 2 aliphatic rings. The van der Waals surface area contributed by atoms with Crippen LogP contribution in [-0.4, -0.2) is 58.2 Å². The molecule has 1 aliphatic heterocycles. The van der Waals surface area contributed by atoms with Crippen molar-refractivity contribution in [3.05, 3.63) is 77.4 Å². The Labute approximate surface area is 277 Å². The number of nitrogens with one attached hydrogen (secondary N) is 1. The number of piperidine rings is 1. The Kier molecular flexibility index (Phi) is 12.0. The van der Waals surface area contributed by atoms with E-state index in [0.717, 1.165) is 69.2 Å². The van der Waals surface area contributed by atoms with Crippen LogP contribution < -0.4 is 20.5 Å². The van der Waals surface area contributed by atoms with E-state index in [1.165, 1.54) is 18.1 Å². The Morgan fingerprint density at radius 2 is 1.68 bits per heavy atom. The van der Waals surface area contributed by atoms with Gasteiger partial charge in [0.05, 0.1) is 6.10 Å². The van der Waals surface area contributed by atoms with Crippen LogP contribution in [0, 0.1) is 0 Å². The van der Waals surface area contributed by atoms with Crippen LogP contribution in [0.25, 0.3) is 0 Å². The Morgan fingerprint density at radius 1 is 0.936 bits per heavy atom. The maximum absolute atomic E-state index is 13.1. The summed E-state index contributed by atoms with van der Waals surface area (Å²) in [7, 11) is 0. The average Bonchev–Trinajstić information content (AvgIpc) is 3.08. The highest BCUT2D eigenvalue weighted by Gasteiger charge is 2.37. The Balaban J connectivity index is 1.36. The summed E-state index contributed by atoms with van der Waals surface area (Å²) in [5.74, 6) is -0.265. The normalized spacial score (nSPS) is 17.9. The smallest absolute Gasteiger partial charge is 0.200 e. The summed E-state index contributed by atoms with van der Waals surface area (Å²) in [6, 6.07) is 18.9. The van der Waals surface area contributed by atoms with Gasteiger partial charge in [-0.25, -0.2) is 0 Å². The molecule has 47 heavy (non-hydrogen) atoms. The van der Waals surface area contributed by atoms with Crippen molar-refractivity contribution in [3.63, 3.8) is 0 Å². The summed E-state index contributed by atoms with van der Waals surface area (Å²) in [6.45, 7) is 1.59. The first-order valence-electron chi connectivity index (χ1n) is 17.1. The van der Waals surface area contributed by atoms with Crippen molar-refractivity contribution in [1.29, 1.82) is 0 Å². The van der Waals surface area contributed by atoms with Gasteiger partial charge in [-0.2, -0.15) is 0 Å². The van der Waals surface area contributed by atoms with Crippen molar-refractivity contribution in [2.24, 2.45) is 5.73 Å². The summed E-state index contributed by atoms with van der Waals surface area (Å²) in [6.07, 6.45) is 7.83. The quantitative estimate of drug-likeness (QED) is 0.0869. The second-order valence-electron chi connectivity index (χ2n) is 13.3. The van der Waals surface area contributed by atoms with Crippen molar-refractivity contribution in [2.45, 2.75) is 101 Å². The van der Waals surface area contributed by atoms with Crippen LogP contribution in [0.2, 0.25) is 0 Å². The van der Waals surface area contributed by atoms with Crippen LogP contribution in [-0.2, 0) is 16.6 Å². The number of nitrogens with two attached hydrogens (primary N) is 1. The topological polar surface area (TPSA) is 154 Å². The first kappa shape index (κ1) is 34.5. The van der Waals surface area contributed by atoms with Crippen LogP contribution in [0.15, 0.2) is 60.7 Å². The third kappa shape index (κ3) is 9.18. The molecule has 3 aromatic carbocycles. The van der Waals surface area contributed by atoms with E-state index in [0.29, 0.717) is 12.8 Å². The summed E-state index contributed by atoms with van der Waals surface area (Å²) >= 11 is 0. The molecular weight excluding hydrogens is 596 g/mol. The first-order chi connectivity index (χ1) is 22.8. The number of carbonyl (C=O) groups excluding carboxylic acids is 1. The van der Waals surface area contributed by atoms with Crippen LogP contribution in [0.1, 0.15) is 93.2 Å². The molecule has 1 heterocycles. The zero-order valence-electron chi connectivity index (χ0n) is 27.2. The number of aryl methyl sites for hydroxylation is 1. The van der Waals surface area contributed by atoms with E-state index in [2.05, 4.69) is 29.6 Å². The second kappa shape index (κ2) is 16.4. The molecule has 2 fully saturated rings. The fraction of sp³-hybridized carbons (Fsp3) is 0.500. The number of carbonyl (C=O) groups is 1. The van der Waals surface area contributed by atoms with Gasteiger partial charge in [0.25, 0.3) is 0 Å². The number of aromatic hydroxyl groups is 3. The molecule has 0 spiro atoms. The average molecular weight is 647 g/mol. The molecule has 0 amide bonds. The number of ether oxygens (including phenoxy) is 2. The summed E-state index contributed by atoms with van der Waals surface area (Å²) in [5, 5.41) is 46.4. The predicted molar refractivity (Wildman–Crippen MR) is 181 cm³/mol. The largest absolute Gasteiger partial charge is 0.504 e. The predicted octanol–water partition coefficient (Wildman–Crippen LogP) is 5.95. The van der Waals surface area contributed by atoms with Crippen LogP contribution in [0.5, 0.6) is 28.7 Å². The summed E-state index contributed by atoms with van der Waals surface area (Å²) < 4.78 is 11.5. The lowest BCUT2D eigenvalue weighted by Crippen LogP contribution is -2.34. The van der Waals surface area contributed by atoms with E-state index in [1.807, 2.05) is 12.1 Å². The second-order valence-corrected chi connectivity index (χ2v) is 13.3. The minimum Gasteiger partial charge on any atom is -0.504 e. The molecule has 9 heteroatoms. The van der Waals surface area contributed by atoms with Gasteiger partial charge in [0.2, 0.25) is 5.75 Å². The van der Waals surface area contributed by atoms with Gasteiger partial charge < -0.3 is 35.2 Å². The van der Waals surface area contributed by atoms with Crippen LogP contribution in [0.4, 0.5) is 0 Å². The lowest BCUT2D eigenvalue weighted by atomic mass is 9.63. The minimum atomic E-state index is -0.899. The highest BCUT2D eigenvalue weighted by atomic mass is 16.5.